The third-order valence-corrected chi connectivity index (χ3v) is 4.30. The van der Waals surface area contributed by atoms with Crippen molar-refractivity contribution in [2.24, 2.45) is 12.5 Å². The first-order valence-electron chi connectivity index (χ1n) is 6.85. The maximum Gasteiger partial charge on any atom is 0.303 e. The Morgan fingerprint density at radius 2 is 2.05 bits per heavy atom. The zero-order valence-electron chi connectivity index (χ0n) is 12.2. The maximum absolute atomic E-state index is 12.3. The molecule has 20 heavy (non-hydrogen) atoms. The number of carbonyl (C=O) groups excluding carboxylic acids is 1. The van der Waals surface area contributed by atoms with Crippen LogP contribution in [0.3, 0.4) is 0 Å². The van der Waals surface area contributed by atoms with Gasteiger partial charge in [0.15, 0.2) is 0 Å². The SMILES string of the molecule is Cc1nn(C)c(C)c1C(=O)NCC1(CC(=O)O)CCC1. The van der Waals surface area contributed by atoms with E-state index in [4.69, 9.17) is 5.11 Å². The minimum absolute atomic E-state index is 0.123. The number of nitrogens with one attached hydrogen (secondary N) is 1. The zero-order chi connectivity index (χ0) is 14.9. The molecule has 1 fully saturated rings. The third-order valence-electron chi connectivity index (χ3n) is 4.30. The van der Waals surface area contributed by atoms with Crippen LogP contribution in [0.15, 0.2) is 0 Å². The topological polar surface area (TPSA) is 84.2 Å². The summed E-state index contributed by atoms with van der Waals surface area (Å²) in [6, 6.07) is 0. The highest BCUT2D eigenvalue weighted by Gasteiger charge is 2.39. The van der Waals surface area contributed by atoms with E-state index in [1.165, 1.54) is 0 Å². The van der Waals surface area contributed by atoms with Gasteiger partial charge in [-0.1, -0.05) is 6.42 Å². The first-order valence-corrected chi connectivity index (χ1v) is 6.85. The van der Waals surface area contributed by atoms with Crippen molar-refractivity contribution >= 4 is 11.9 Å². The summed E-state index contributed by atoms with van der Waals surface area (Å²) in [7, 11) is 1.80. The van der Waals surface area contributed by atoms with Crippen LogP contribution in [0.25, 0.3) is 0 Å². The lowest BCUT2D eigenvalue weighted by atomic mass is 9.66. The maximum atomic E-state index is 12.3. The van der Waals surface area contributed by atoms with Crippen LogP contribution >= 0.6 is 0 Å². The van der Waals surface area contributed by atoms with Crippen LogP contribution in [-0.4, -0.2) is 33.3 Å². The summed E-state index contributed by atoms with van der Waals surface area (Å²) in [5, 5.41) is 16.1. The van der Waals surface area contributed by atoms with E-state index in [0.29, 0.717) is 17.8 Å². The van der Waals surface area contributed by atoms with Gasteiger partial charge in [0.1, 0.15) is 0 Å². The van der Waals surface area contributed by atoms with Crippen molar-refractivity contribution in [3.8, 4) is 0 Å². The van der Waals surface area contributed by atoms with Gasteiger partial charge in [-0.25, -0.2) is 0 Å². The molecule has 110 valence electrons. The molecule has 1 aliphatic carbocycles. The fraction of sp³-hybridized carbons (Fsp3) is 0.643. The van der Waals surface area contributed by atoms with Crippen LogP contribution < -0.4 is 5.32 Å². The predicted octanol–water partition coefficient (Wildman–Crippen LogP) is 1.41. The van der Waals surface area contributed by atoms with E-state index < -0.39 is 5.97 Å². The molecule has 6 heteroatoms. The van der Waals surface area contributed by atoms with Crippen LogP contribution in [0.4, 0.5) is 0 Å². The van der Waals surface area contributed by atoms with Crippen molar-refractivity contribution in [1.29, 1.82) is 0 Å². The molecule has 0 bridgehead atoms. The Kier molecular flexibility index (Phi) is 3.83. The zero-order valence-corrected chi connectivity index (χ0v) is 12.2. The van der Waals surface area contributed by atoms with Crippen molar-refractivity contribution in [3.63, 3.8) is 0 Å². The molecule has 1 aromatic heterocycles. The van der Waals surface area contributed by atoms with Gasteiger partial charge < -0.3 is 10.4 Å². The van der Waals surface area contributed by atoms with Gasteiger partial charge in [-0.2, -0.15) is 5.10 Å². The Morgan fingerprint density at radius 3 is 2.45 bits per heavy atom. The van der Waals surface area contributed by atoms with E-state index in [0.717, 1.165) is 25.0 Å². The lowest BCUT2D eigenvalue weighted by Crippen LogP contribution is -2.43. The predicted molar refractivity (Wildman–Crippen MR) is 73.6 cm³/mol. The van der Waals surface area contributed by atoms with Gasteiger partial charge in [0.05, 0.1) is 17.7 Å². The molecule has 0 saturated heterocycles. The number of amides is 1. The van der Waals surface area contributed by atoms with Crippen molar-refractivity contribution < 1.29 is 14.7 Å². The number of carboxylic acid groups (broad SMARTS) is 1. The van der Waals surface area contributed by atoms with Gasteiger partial charge in [-0.15, -0.1) is 0 Å². The van der Waals surface area contributed by atoms with Crippen LogP contribution in [-0.2, 0) is 11.8 Å². The number of aryl methyl sites for hydroxylation is 2. The molecular formula is C14H21N3O3. The third kappa shape index (κ3) is 2.69. The Morgan fingerprint density at radius 1 is 1.40 bits per heavy atom. The highest BCUT2D eigenvalue weighted by molar-refractivity contribution is 5.96. The molecule has 6 nitrogen and oxygen atoms in total. The second-order valence-electron chi connectivity index (χ2n) is 5.78. The second-order valence-corrected chi connectivity index (χ2v) is 5.78. The molecule has 0 unspecified atom stereocenters. The largest absolute Gasteiger partial charge is 0.481 e. The summed E-state index contributed by atoms with van der Waals surface area (Å²) in [6.45, 7) is 4.08. The number of rotatable bonds is 5. The highest BCUT2D eigenvalue weighted by atomic mass is 16.4. The van der Waals surface area contributed by atoms with Gasteiger partial charge in [-0.3, -0.25) is 14.3 Å². The van der Waals surface area contributed by atoms with Gasteiger partial charge in [0, 0.05) is 19.3 Å². The fourth-order valence-corrected chi connectivity index (χ4v) is 2.87. The first kappa shape index (κ1) is 14.6. The molecule has 0 radical (unpaired) electrons. The molecular weight excluding hydrogens is 258 g/mol. The summed E-state index contributed by atoms with van der Waals surface area (Å²) in [6.07, 6.45) is 2.89. The monoisotopic (exact) mass is 279 g/mol. The normalized spacial score (nSPS) is 16.6. The standard InChI is InChI=1S/C14H21N3O3/c1-9-12(10(2)17(3)16-9)13(20)15-8-14(5-4-6-14)7-11(18)19/h4-8H2,1-3H3,(H,15,20)(H,18,19). The number of hydrogen-bond donors (Lipinski definition) is 2. The number of carboxylic acids is 1. The van der Waals surface area contributed by atoms with Crippen molar-refractivity contribution in [2.45, 2.75) is 39.5 Å². The van der Waals surface area contributed by atoms with E-state index in [-0.39, 0.29) is 17.7 Å². The molecule has 0 spiro atoms. The summed E-state index contributed by atoms with van der Waals surface area (Å²) in [5.41, 5.74) is 1.85. The Balaban J connectivity index is 2.03. The molecule has 1 aromatic rings. The highest BCUT2D eigenvalue weighted by Crippen LogP contribution is 2.43. The molecule has 1 saturated carbocycles. The number of aliphatic carboxylic acids is 1. The Hall–Kier alpha value is -1.85. The quantitative estimate of drug-likeness (QED) is 0.853. The summed E-state index contributed by atoms with van der Waals surface area (Å²) in [4.78, 5) is 23.2. The van der Waals surface area contributed by atoms with Crippen LogP contribution in [0.2, 0.25) is 0 Å². The molecule has 1 aliphatic rings. The average molecular weight is 279 g/mol. The number of carbonyl (C=O) groups is 2. The minimum Gasteiger partial charge on any atom is -0.481 e. The fourth-order valence-electron chi connectivity index (χ4n) is 2.87. The lowest BCUT2D eigenvalue weighted by molar-refractivity contribution is -0.141. The van der Waals surface area contributed by atoms with Crippen molar-refractivity contribution in [1.82, 2.24) is 15.1 Å². The number of aromatic nitrogens is 2. The molecule has 0 aromatic carbocycles. The Bertz CT molecular complexity index is 544. The summed E-state index contributed by atoms with van der Waals surface area (Å²) in [5.74, 6) is -0.961. The minimum atomic E-state index is -0.798. The van der Waals surface area contributed by atoms with E-state index in [1.807, 2.05) is 6.92 Å². The van der Waals surface area contributed by atoms with Gasteiger partial charge in [0.25, 0.3) is 5.91 Å². The van der Waals surface area contributed by atoms with E-state index in [2.05, 4.69) is 10.4 Å². The molecule has 0 atom stereocenters. The van der Waals surface area contributed by atoms with Crippen LogP contribution in [0, 0.1) is 19.3 Å². The summed E-state index contributed by atoms with van der Waals surface area (Å²) < 4.78 is 1.68. The van der Waals surface area contributed by atoms with Gasteiger partial charge in [-0.05, 0) is 32.1 Å². The molecule has 0 aliphatic heterocycles. The van der Waals surface area contributed by atoms with Gasteiger partial charge >= 0.3 is 5.97 Å². The first-order chi connectivity index (χ1) is 9.34. The van der Waals surface area contributed by atoms with Crippen LogP contribution in [0.5, 0.6) is 0 Å². The average Bonchev–Trinajstić information content (AvgIpc) is 2.56. The second kappa shape index (κ2) is 5.26. The molecule has 2 rings (SSSR count). The molecule has 1 heterocycles. The van der Waals surface area contributed by atoms with Crippen molar-refractivity contribution in [2.75, 3.05) is 6.54 Å². The van der Waals surface area contributed by atoms with E-state index in [1.54, 1.807) is 18.7 Å². The van der Waals surface area contributed by atoms with Gasteiger partial charge in [0.2, 0.25) is 0 Å². The van der Waals surface area contributed by atoms with E-state index >= 15 is 0 Å². The van der Waals surface area contributed by atoms with E-state index in [9.17, 15) is 9.59 Å². The molecule has 1 amide bonds. The van der Waals surface area contributed by atoms with Crippen LogP contribution in [0.1, 0.15) is 47.4 Å². The lowest BCUT2D eigenvalue weighted by Gasteiger charge is -2.40. The summed E-state index contributed by atoms with van der Waals surface area (Å²) >= 11 is 0. The van der Waals surface area contributed by atoms with Crippen molar-refractivity contribution in [3.05, 3.63) is 17.0 Å². The number of hydrogen-bond acceptors (Lipinski definition) is 3. The number of nitrogens with zero attached hydrogens (tertiary/aromatic N) is 2. The Labute approximate surface area is 118 Å². The molecule has 2 N–H and O–H groups in total. The smallest absolute Gasteiger partial charge is 0.303 e.